The van der Waals surface area contributed by atoms with Crippen molar-refractivity contribution < 1.29 is 0 Å². The van der Waals surface area contributed by atoms with Gasteiger partial charge in [0.25, 0.3) is 5.56 Å². The van der Waals surface area contributed by atoms with E-state index >= 15 is 0 Å². The summed E-state index contributed by atoms with van der Waals surface area (Å²) in [4.78, 5) is 16.3. The fourth-order valence-corrected chi connectivity index (χ4v) is 2.04. The molecule has 0 spiro atoms. The van der Waals surface area contributed by atoms with Gasteiger partial charge in [-0.05, 0) is 5.56 Å². The minimum absolute atomic E-state index is 0.109. The summed E-state index contributed by atoms with van der Waals surface area (Å²) in [6, 6.07) is 11.2. The predicted octanol–water partition coefficient (Wildman–Crippen LogP) is 3.07. The summed E-state index contributed by atoms with van der Waals surface area (Å²) in [5, 5.41) is 0.257. The molecule has 94 valence electrons. The Morgan fingerprint density at radius 3 is 2.56 bits per heavy atom. The molecule has 1 aromatic heterocycles. The Bertz CT molecular complexity index is 590. The zero-order chi connectivity index (χ0) is 13.1. The standard InChI is InChI=1S/C14H15ClN2O/c1-10(2)14-16-12(15)8-13(18)17(14)9-11-6-4-3-5-7-11/h3-8,10H,9H2,1-2H3. The van der Waals surface area contributed by atoms with E-state index in [0.29, 0.717) is 6.54 Å². The molecule has 0 unspecified atom stereocenters. The van der Waals surface area contributed by atoms with E-state index in [4.69, 9.17) is 11.6 Å². The van der Waals surface area contributed by atoms with Gasteiger partial charge in [0.2, 0.25) is 0 Å². The number of halogens is 1. The van der Waals surface area contributed by atoms with Gasteiger partial charge >= 0.3 is 0 Å². The number of benzene rings is 1. The quantitative estimate of drug-likeness (QED) is 0.797. The average Bonchev–Trinajstić information content (AvgIpc) is 2.33. The normalized spacial score (nSPS) is 10.9. The highest BCUT2D eigenvalue weighted by Gasteiger charge is 2.11. The molecule has 0 atom stereocenters. The summed E-state index contributed by atoms with van der Waals surface area (Å²) in [5.41, 5.74) is 0.966. The Labute approximate surface area is 111 Å². The van der Waals surface area contributed by atoms with Crippen LogP contribution < -0.4 is 5.56 Å². The van der Waals surface area contributed by atoms with Gasteiger partial charge in [0.15, 0.2) is 0 Å². The summed E-state index contributed by atoms with van der Waals surface area (Å²) >= 11 is 5.84. The summed E-state index contributed by atoms with van der Waals surface area (Å²) in [7, 11) is 0. The highest BCUT2D eigenvalue weighted by molar-refractivity contribution is 6.29. The van der Waals surface area contributed by atoms with Crippen molar-refractivity contribution in [3.63, 3.8) is 0 Å². The summed E-state index contributed by atoms with van der Waals surface area (Å²) in [6.45, 7) is 4.52. The first-order valence-electron chi connectivity index (χ1n) is 5.89. The van der Waals surface area contributed by atoms with Crippen molar-refractivity contribution in [2.75, 3.05) is 0 Å². The van der Waals surface area contributed by atoms with E-state index in [1.165, 1.54) is 6.07 Å². The first-order valence-corrected chi connectivity index (χ1v) is 6.27. The van der Waals surface area contributed by atoms with Crippen LogP contribution in [0.3, 0.4) is 0 Å². The predicted molar refractivity (Wildman–Crippen MR) is 73.1 cm³/mol. The van der Waals surface area contributed by atoms with Gasteiger partial charge in [0.1, 0.15) is 11.0 Å². The van der Waals surface area contributed by atoms with E-state index in [0.717, 1.165) is 11.4 Å². The second-order valence-electron chi connectivity index (χ2n) is 4.50. The van der Waals surface area contributed by atoms with Crippen molar-refractivity contribution in [1.29, 1.82) is 0 Å². The van der Waals surface area contributed by atoms with Crippen LogP contribution >= 0.6 is 11.6 Å². The Hall–Kier alpha value is -1.61. The second kappa shape index (κ2) is 5.36. The van der Waals surface area contributed by atoms with Crippen LogP contribution in [0.25, 0.3) is 0 Å². The lowest BCUT2D eigenvalue weighted by molar-refractivity contribution is 0.625. The molecule has 4 heteroatoms. The second-order valence-corrected chi connectivity index (χ2v) is 4.89. The van der Waals surface area contributed by atoms with Gasteiger partial charge in [-0.15, -0.1) is 0 Å². The average molecular weight is 263 g/mol. The maximum atomic E-state index is 12.0. The molecule has 0 amide bonds. The fourth-order valence-electron chi connectivity index (χ4n) is 1.86. The number of hydrogen-bond donors (Lipinski definition) is 0. The maximum Gasteiger partial charge on any atom is 0.255 e. The van der Waals surface area contributed by atoms with Crippen LogP contribution in [0.5, 0.6) is 0 Å². The molecule has 3 nitrogen and oxygen atoms in total. The van der Waals surface area contributed by atoms with Crippen molar-refractivity contribution in [2.45, 2.75) is 26.3 Å². The van der Waals surface area contributed by atoms with E-state index in [2.05, 4.69) is 4.98 Å². The lowest BCUT2D eigenvalue weighted by Gasteiger charge is -2.14. The van der Waals surface area contributed by atoms with E-state index < -0.39 is 0 Å². The highest BCUT2D eigenvalue weighted by atomic mass is 35.5. The first-order chi connectivity index (χ1) is 8.58. The fraction of sp³-hybridized carbons (Fsp3) is 0.286. The van der Waals surface area contributed by atoms with E-state index in [1.54, 1.807) is 4.57 Å². The molecule has 18 heavy (non-hydrogen) atoms. The highest BCUT2D eigenvalue weighted by Crippen LogP contribution is 2.14. The SMILES string of the molecule is CC(C)c1nc(Cl)cc(=O)n1Cc1ccccc1. The lowest BCUT2D eigenvalue weighted by atomic mass is 10.1. The van der Waals surface area contributed by atoms with Crippen LogP contribution in [-0.2, 0) is 6.54 Å². The third kappa shape index (κ3) is 2.79. The Kier molecular flexibility index (Phi) is 3.82. The van der Waals surface area contributed by atoms with Crippen molar-refractivity contribution in [3.8, 4) is 0 Å². The maximum absolute atomic E-state index is 12.0. The third-order valence-electron chi connectivity index (χ3n) is 2.71. The Morgan fingerprint density at radius 2 is 1.94 bits per heavy atom. The van der Waals surface area contributed by atoms with Gasteiger partial charge in [0, 0.05) is 12.0 Å². The van der Waals surface area contributed by atoms with E-state index in [1.807, 2.05) is 44.2 Å². The van der Waals surface area contributed by atoms with Gasteiger partial charge in [-0.25, -0.2) is 4.98 Å². The molecular weight excluding hydrogens is 248 g/mol. The Balaban J connectivity index is 2.47. The summed E-state index contributed by atoms with van der Waals surface area (Å²) in [6.07, 6.45) is 0. The monoisotopic (exact) mass is 262 g/mol. The van der Waals surface area contributed by atoms with Gasteiger partial charge in [-0.2, -0.15) is 0 Å². The zero-order valence-electron chi connectivity index (χ0n) is 10.4. The molecule has 2 rings (SSSR count). The minimum Gasteiger partial charge on any atom is -0.292 e. The van der Waals surface area contributed by atoms with Crippen LogP contribution in [-0.4, -0.2) is 9.55 Å². The summed E-state index contributed by atoms with van der Waals surface area (Å²) in [5.74, 6) is 0.872. The van der Waals surface area contributed by atoms with Crippen LogP contribution in [0.2, 0.25) is 5.15 Å². The van der Waals surface area contributed by atoms with Gasteiger partial charge in [-0.3, -0.25) is 9.36 Å². The number of nitrogens with zero attached hydrogens (tertiary/aromatic N) is 2. The summed E-state index contributed by atoms with van der Waals surface area (Å²) < 4.78 is 1.67. The molecular formula is C14H15ClN2O. The lowest BCUT2D eigenvalue weighted by Crippen LogP contribution is -2.25. The van der Waals surface area contributed by atoms with E-state index in [-0.39, 0.29) is 16.6 Å². The number of hydrogen-bond acceptors (Lipinski definition) is 2. The smallest absolute Gasteiger partial charge is 0.255 e. The van der Waals surface area contributed by atoms with Gasteiger partial charge in [-0.1, -0.05) is 55.8 Å². The van der Waals surface area contributed by atoms with Crippen molar-refractivity contribution in [1.82, 2.24) is 9.55 Å². The van der Waals surface area contributed by atoms with Crippen molar-refractivity contribution in [2.24, 2.45) is 0 Å². The molecule has 2 aromatic rings. The van der Waals surface area contributed by atoms with Crippen LogP contribution in [0, 0.1) is 0 Å². The molecule has 0 radical (unpaired) electrons. The topological polar surface area (TPSA) is 34.9 Å². The molecule has 0 aliphatic heterocycles. The molecule has 0 aliphatic carbocycles. The molecule has 1 aromatic carbocycles. The van der Waals surface area contributed by atoms with Gasteiger partial charge < -0.3 is 0 Å². The molecule has 0 N–H and O–H groups in total. The molecule has 0 fully saturated rings. The molecule has 0 aliphatic rings. The molecule has 0 saturated heterocycles. The molecule has 1 heterocycles. The largest absolute Gasteiger partial charge is 0.292 e. The number of rotatable bonds is 3. The molecule has 0 bridgehead atoms. The number of aromatic nitrogens is 2. The third-order valence-corrected chi connectivity index (χ3v) is 2.90. The molecule has 0 saturated carbocycles. The Morgan fingerprint density at radius 1 is 1.28 bits per heavy atom. The zero-order valence-corrected chi connectivity index (χ0v) is 11.2. The first kappa shape index (κ1) is 12.8. The van der Waals surface area contributed by atoms with Crippen LogP contribution in [0.4, 0.5) is 0 Å². The van der Waals surface area contributed by atoms with E-state index in [9.17, 15) is 4.79 Å². The minimum atomic E-state index is -0.109. The van der Waals surface area contributed by atoms with Crippen molar-refractivity contribution >= 4 is 11.6 Å². The van der Waals surface area contributed by atoms with Crippen molar-refractivity contribution in [3.05, 3.63) is 63.3 Å². The van der Waals surface area contributed by atoms with Crippen LogP contribution in [0.15, 0.2) is 41.2 Å². The van der Waals surface area contributed by atoms with Crippen LogP contribution in [0.1, 0.15) is 31.2 Å². The van der Waals surface area contributed by atoms with Gasteiger partial charge in [0.05, 0.1) is 6.54 Å².